The number of benzene rings is 1. The largest absolute Gasteiger partial charge is 0.493 e. The Balaban J connectivity index is 3.29. The highest BCUT2D eigenvalue weighted by Gasteiger charge is 2.24. The molecule has 1 aromatic rings. The number of terminal acetylenes is 1. The fraction of sp³-hybridized carbons (Fsp3) is 0.357. The van der Waals surface area contributed by atoms with Gasteiger partial charge in [0.05, 0.1) is 21.3 Å². The molecule has 0 radical (unpaired) electrons. The zero-order chi connectivity index (χ0) is 15.1. The van der Waals surface area contributed by atoms with Crippen molar-refractivity contribution >= 4 is 5.97 Å². The molecule has 0 aromatic heterocycles. The second-order valence-corrected chi connectivity index (χ2v) is 3.69. The summed E-state index contributed by atoms with van der Waals surface area (Å²) >= 11 is 0. The predicted octanol–water partition coefficient (Wildman–Crippen LogP) is 1.49. The lowest BCUT2D eigenvalue weighted by molar-refractivity contribution is -0.149. The van der Waals surface area contributed by atoms with E-state index in [4.69, 9.17) is 25.4 Å². The first-order valence-electron chi connectivity index (χ1n) is 5.66. The van der Waals surface area contributed by atoms with Crippen molar-refractivity contribution in [2.45, 2.75) is 6.10 Å². The molecule has 6 nitrogen and oxygen atoms in total. The van der Waals surface area contributed by atoms with Crippen molar-refractivity contribution in [2.75, 3.05) is 27.9 Å². The summed E-state index contributed by atoms with van der Waals surface area (Å²) in [7, 11) is 4.35. The van der Waals surface area contributed by atoms with Gasteiger partial charge in [0.2, 0.25) is 5.75 Å². The molecule has 0 aliphatic heterocycles. The van der Waals surface area contributed by atoms with Crippen LogP contribution in [0.15, 0.2) is 12.1 Å². The molecular formula is C14H16O6. The number of ether oxygens (including phenoxy) is 4. The van der Waals surface area contributed by atoms with Crippen LogP contribution in [-0.4, -0.2) is 39.0 Å². The summed E-state index contributed by atoms with van der Waals surface area (Å²) in [5.74, 6) is 2.14. The molecule has 1 unspecified atom stereocenters. The van der Waals surface area contributed by atoms with E-state index in [1.54, 1.807) is 0 Å². The fourth-order valence-corrected chi connectivity index (χ4v) is 1.69. The minimum absolute atomic E-state index is 0.117. The minimum Gasteiger partial charge on any atom is -0.493 e. The summed E-state index contributed by atoms with van der Waals surface area (Å²) in [4.78, 5) is 11.3. The van der Waals surface area contributed by atoms with Gasteiger partial charge >= 0.3 is 5.97 Å². The molecule has 0 saturated carbocycles. The van der Waals surface area contributed by atoms with Crippen molar-refractivity contribution in [3.63, 3.8) is 0 Å². The monoisotopic (exact) mass is 280 g/mol. The van der Waals surface area contributed by atoms with E-state index in [9.17, 15) is 9.90 Å². The molecule has 0 amide bonds. The minimum atomic E-state index is -1.21. The predicted molar refractivity (Wildman–Crippen MR) is 71.3 cm³/mol. The molecule has 1 N–H and O–H groups in total. The maximum Gasteiger partial charge on any atom is 0.337 e. The van der Waals surface area contributed by atoms with Gasteiger partial charge in [-0.25, -0.2) is 4.79 Å². The molecule has 0 aliphatic carbocycles. The van der Waals surface area contributed by atoms with Crippen LogP contribution in [0, 0.1) is 12.3 Å². The summed E-state index contributed by atoms with van der Waals surface area (Å²) in [5, 5.41) is 9.20. The highest BCUT2D eigenvalue weighted by atomic mass is 16.5. The Morgan fingerprint density at radius 3 is 2.15 bits per heavy atom. The van der Waals surface area contributed by atoms with Crippen molar-refractivity contribution < 1.29 is 28.8 Å². The Morgan fingerprint density at radius 1 is 1.25 bits per heavy atom. The molecule has 0 heterocycles. The van der Waals surface area contributed by atoms with Gasteiger partial charge in [0.25, 0.3) is 0 Å². The molecule has 108 valence electrons. The molecule has 0 aliphatic rings. The summed E-state index contributed by atoms with van der Waals surface area (Å²) < 4.78 is 20.6. The second-order valence-electron chi connectivity index (χ2n) is 3.69. The molecule has 0 saturated heterocycles. The molecule has 1 aromatic carbocycles. The summed E-state index contributed by atoms with van der Waals surface area (Å²) in [6, 6.07) is 3.02. The zero-order valence-corrected chi connectivity index (χ0v) is 11.5. The van der Waals surface area contributed by atoms with Crippen LogP contribution in [0.25, 0.3) is 0 Å². The van der Waals surface area contributed by atoms with Crippen molar-refractivity contribution in [2.24, 2.45) is 0 Å². The molecule has 20 heavy (non-hydrogen) atoms. The second kappa shape index (κ2) is 7.26. The zero-order valence-electron chi connectivity index (χ0n) is 11.5. The molecular weight excluding hydrogens is 264 g/mol. The number of carboxylic acid groups (broad SMARTS) is 1. The average molecular weight is 280 g/mol. The fourth-order valence-electron chi connectivity index (χ4n) is 1.69. The average Bonchev–Trinajstić information content (AvgIpc) is 2.45. The number of methoxy groups -OCH3 is 3. The van der Waals surface area contributed by atoms with Gasteiger partial charge in [0.15, 0.2) is 17.6 Å². The number of carboxylic acids is 1. The van der Waals surface area contributed by atoms with Crippen LogP contribution >= 0.6 is 0 Å². The normalized spacial score (nSPS) is 11.3. The number of aliphatic carboxylic acids is 1. The smallest absolute Gasteiger partial charge is 0.337 e. The van der Waals surface area contributed by atoms with Crippen LogP contribution in [-0.2, 0) is 9.53 Å². The van der Waals surface area contributed by atoms with Gasteiger partial charge in [-0.2, -0.15) is 0 Å². The topological polar surface area (TPSA) is 74.2 Å². The van der Waals surface area contributed by atoms with Crippen LogP contribution < -0.4 is 14.2 Å². The Bertz CT molecular complexity index is 492. The Morgan fingerprint density at radius 2 is 1.80 bits per heavy atom. The van der Waals surface area contributed by atoms with Crippen LogP contribution in [0.2, 0.25) is 0 Å². The third-order valence-electron chi connectivity index (χ3n) is 2.55. The van der Waals surface area contributed by atoms with Crippen LogP contribution in [0.4, 0.5) is 0 Å². The number of hydrogen-bond donors (Lipinski definition) is 1. The van der Waals surface area contributed by atoms with Crippen LogP contribution in [0.5, 0.6) is 17.2 Å². The van der Waals surface area contributed by atoms with Crippen LogP contribution in [0.3, 0.4) is 0 Å². The molecule has 1 rings (SSSR count). The number of rotatable bonds is 7. The van der Waals surface area contributed by atoms with Gasteiger partial charge in [0, 0.05) is 0 Å². The van der Waals surface area contributed by atoms with E-state index in [2.05, 4.69) is 5.92 Å². The quantitative estimate of drug-likeness (QED) is 0.763. The SMILES string of the molecule is C#CCOC(C(=O)O)c1cc(OC)c(OC)c(OC)c1. The lowest BCUT2D eigenvalue weighted by Crippen LogP contribution is -2.16. The summed E-state index contributed by atoms with van der Waals surface area (Å²) in [6.07, 6.45) is 3.87. The van der Waals surface area contributed by atoms with Gasteiger partial charge in [-0.15, -0.1) is 6.42 Å². The maximum absolute atomic E-state index is 11.3. The van der Waals surface area contributed by atoms with E-state index in [1.165, 1.54) is 33.5 Å². The van der Waals surface area contributed by atoms with Crippen molar-refractivity contribution in [3.05, 3.63) is 17.7 Å². The van der Waals surface area contributed by atoms with Gasteiger partial charge in [0.1, 0.15) is 6.61 Å². The Labute approximate surface area is 117 Å². The first kappa shape index (κ1) is 15.7. The van der Waals surface area contributed by atoms with Gasteiger partial charge < -0.3 is 24.1 Å². The van der Waals surface area contributed by atoms with E-state index < -0.39 is 12.1 Å². The maximum atomic E-state index is 11.3. The molecule has 0 spiro atoms. The van der Waals surface area contributed by atoms with Crippen molar-refractivity contribution in [1.82, 2.24) is 0 Å². The molecule has 1 atom stereocenters. The van der Waals surface area contributed by atoms with E-state index in [0.29, 0.717) is 22.8 Å². The van der Waals surface area contributed by atoms with E-state index in [-0.39, 0.29) is 6.61 Å². The summed E-state index contributed by atoms with van der Waals surface area (Å²) in [6.45, 7) is -0.117. The number of carbonyl (C=O) groups is 1. The summed E-state index contributed by atoms with van der Waals surface area (Å²) in [5.41, 5.74) is 0.349. The molecule has 6 heteroatoms. The first-order valence-corrected chi connectivity index (χ1v) is 5.66. The third-order valence-corrected chi connectivity index (χ3v) is 2.55. The van der Waals surface area contributed by atoms with E-state index in [0.717, 1.165) is 0 Å². The third kappa shape index (κ3) is 3.33. The lowest BCUT2D eigenvalue weighted by atomic mass is 10.1. The lowest BCUT2D eigenvalue weighted by Gasteiger charge is -2.17. The highest BCUT2D eigenvalue weighted by Crippen LogP contribution is 2.40. The van der Waals surface area contributed by atoms with E-state index >= 15 is 0 Å². The molecule has 0 fully saturated rings. The Hall–Kier alpha value is -2.39. The van der Waals surface area contributed by atoms with Gasteiger partial charge in [-0.1, -0.05) is 5.92 Å². The Kier molecular flexibility index (Phi) is 5.69. The standard InChI is InChI=1S/C14H16O6/c1-5-6-20-12(14(15)16)9-7-10(17-2)13(19-4)11(8-9)18-3/h1,7-8,12H,6H2,2-4H3,(H,15,16). The number of hydrogen-bond acceptors (Lipinski definition) is 5. The van der Waals surface area contributed by atoms with Crippen LogP contribution in [0.1, 0.15) is 11.7 Å². The highest BCUT2D eigenvalue weighted by molar-refractivity contribution is 5.75. The van der Waals surface area contributed by atoms with Crippen molar-refractivity contribution in [3.8, 4) is 29.6 Å². The van der Waals surface area contributed by atoms with E-state index in [1.807, 2.05) is 0 Å². The van der Waals surface area contributed by atoms with Gasteiger partial charge in [-0.3, -0.25) is 0 Å². The molecule has 0 bridgehead atoms. The van der Waals surface area contributed by atoms with Crippen molar-refractivity contribution in [1.29, 1.82) is 0 Å². The first-order chi connectivity index (χ1) is 9.58. The van der Waals surface area contributed by atoms with Gasteiger partial charge in [-0.05, 0) is 17.7 Å².